The maximum Gasteiger partial charge on any atom is 0.321 e. The minimum absolute atomic E-state index is 0.118. The molecule has 2 N–H and O–H groups in total. The number of hydrogen-bond acceptors (Lipinski definition) is 5. The second-order valence-electron chi connectivity index (χ2n) is 3.40. The number of carbonyl (C=O) groups excluding carboxylic acids is 2. The Bertz CT molecular complexity index is 377. The highest BCUT2D eigenvalue weighted by Crippen LogP contribution is 2.05. The van der Waals surface area contributed by atoms with Crippen LogP contribution in [0.5, 0.6) is 0 Å². The van der Waals surface area contributed by atoms with E-state index in [4.69, 9.17) is 10.5 Å². The number of carbonyl (C=O) groups is 2. The van der Waals surface area contributed by atoms with Crippen LogP contribution in [0.4, 0.5) is 0 Å². The fourth-order valence-corrected chi connectivity index (χ4v) is 1.26. The van der Waals surface area contributed by atoms with Gasteiger partial charge in [0.1, 0.15) is 6.61 Å². The van der Waals surface area contributed by atoms with Crippen LogP contribution in [0.15, 0.2) is 30.3 Å². The quantitative estimate of drug-likeness (QED) is 0.595. The molecule has 0 saturated heterocycles. The molecule has 0 amide bonds. The van der Waals surface area contributed by atoms with E-state index in [1.165, 1.54) is 7.11 Å². The van der Waals surface area contributed by atoms with E-state index >= 15 is 0 Å². The van der Waals surface area contributed by atoms with Gasteiger partial charge in [-0.25, -0.2) is 0 Å². The summed E-state index contributed by atoms with van der Waals surface area (Å²) in [5, 5.41) is 0. The first-order valence-corrected chi connectivity index (χ1v) is 5.17. The van der Waals surface area contributed by atoms with E-state index < -0.39 is 17.9 Å². The predicted octanol–water partition coefficient (Wildman–Crippen LogP) is 0.478. The molecule has 92 valence electrons. The van der Waals surface area contributed by atoms with Crippen LogP contribution >= 0.6 is 0 Å². The lowest BCUT2D eigenvalue weighted by Gasteiger charge is -2.11. The van der Waals surface area contributed by atoms with Gasteiger partial charge in [-0.3, -0.25) is 9.59 Å². The molecule has 0 aromatic heterocycles. The van der Waals surface area contributed by atoms with Crippen LogP contribution in [-0.4, -0.2) is 25.6 Å². The summed E-state index contributed by atoms with van der Waals surface area (Å²) in [5.41, 5.74) is 6.17. The summed E-state index contributed by atoms with van der Waals surface area (Å²) in [6.07, 6.45) is 0. The minimum Gasteiger partial charge on any atom is -0.468 e. The number of ether oxygens (including phenoxy) is 2. The summed E-state index contributed by atoms with van der Waals surface area (Å²) in [4.78, 5) is 22.7. The maximum atomic E-state index is 11.5. The summed E-state index contributed by atoms with van der Waals surface area (Å²) in [7, 11) is 1.20. The zero-order chi connectivity index (χ0) is 12.7. The lowest BCUT2D eigenvalue weighted by molar-refractivity contribution is -0.160. The normalized spacial score (nSPS) is 11.6. The molecular weight excluding hydrogens is 222 g/mol. The van der Waals surface area contributed by atoms with Crippen molar-refractivity contribution < 1.29 is 19.1 Å². The second kappa shape index (κ2) is 6.65. The summed E-state index contributed by atoms with van der Waals surface area (Å²) >= 11 is 0. The van der Waals surface area contributed by atoms with Gasteiger partial charge in [-0.2, -0.15) is 0 Å². The SMILES string of the molecule is COC(=O)[C@@H](CN)C(=O)OCc1ccccc1. The van der Waals surface area contributed by atoms with Gasteiger partial charge in [0.15, 0.2) is 5.92 Å². The average Bonchev–Trinajstić information content (AvgIpc) is 2.38. The molecule has 1 atom stereocenters. The standard InChI is InChI=1S/C12H15NO4/c1-16-11(14)10(7-13)12(15)17-8-9-5-3-2-4-6-9/h2-6,10H,7-8,13H2,1H3/t10-/m1/s1. The molecule has 0 aliphatic rings. The van der Waals surface area contributed by atoms with Crippen LogP contribution in [0.3, 0.4) is 0 Å². The molecule has 1 aromatic rings. The summed E-state index contributed by atoms with van der Waals surface area (Å²) in [5.74, 6) is -2.39. The van der Waals surface area contributed by atoms with Crippen molar-refractivity contribution in [3.8, 4) is 0 Å². The Morgan fingerprint density at radius 2 is 1.88 bits per heavy atom. The Morgan fingerprint density at radius 3 is 2.41 bits per heavy atom. The minimum atomic E-state index is -1.05. The molecule has 0 saturated carbocycles. The van der Waals surface area contributed by atoms with Gasteiger partial charge in [-0.15, -0.1) is 0 Å². The first-order chi connectivity index (χ1) is 8.19. The Labute approximate surface area is 99.5 Å². The van der Waals surface area contributed by atoms with Gasteiger partial charge >= 0.3 is 11.9 Å². The average molecular weight is 237 g/mol. The van der Waals surface area contributed by atoms with Crippen molar-refractivity contribution in [3.05, 3.63) is 35.9 Å². The Morgan fingerprint density at radius 1 is 1.24 bits per heavy atom. The van der Waals surface area contributed by atoms with Crippen molar-refractivity contribution in [1.29, 1.82) is 0 Å². The Balaban J connectivity index is 2.51. The van der Waals surface area contributed by atoms with Crippen molar-refractivity contribution >= 4 is 11.9 Å². The number of rotatable bonds is 5. The predicted molar refractivity (Wildman–Crippen MR) is 60.8 cm³/mol. The largest absolute Gasteiger partial charge is 0.468 e. The highest BCUT2D eigenvalue weighted by Gasteiger charge is 2.27. The van der Waals surface area contributed by atoms with Gasteiger partial charge in [0.2, 0.25) is 0 Å². The molecule has 0 heterocycles. The fraction of sp³-hybridized carbons (Fsp3) is 0.333. The third kappa shape index (κ3) is 3.88. The van der Waals surface area contributed by atoms with Crippen LogP contribution in [-0.2, 0) is 25.7 Å². The number of hydrogen-bond donors (Lipinski definition) is 1. The zero-order valence-corrected chi connectivity index (χ0v) is 9.59. The third-order valence-corrected chi connectivity index (χ3v) is 2.23. The van der Waals surface area contributed by atoms with E-state index in [1.807, 2.05) is 30.3 Å². The molecule has 0 radical (unpaired) electrons. The lowest BCUT2D eigenvalue weighted by Crippen LogP contribution is -2.33. The Kier molecular flexibility index (Phi) is 5.16. The molecular formula is C12H15NO4. The molecule has 1 rings (SSSR count). The molecule has 0 fully saturated rings. The van der Waals surface area contributed by atoms with Crippen molar-refractivity contribution in [3.63, 3.8) is 0 Å². The fourth-order valence-electron chi connectivity index (χ4n) is 1.26. The van der Waals surface area contributed by atoms with Crippen LogP contribution in [0.25, 0.3) is 0 Å². The maximum absolute atomic E-state index is 11.5. The highest BCUT2D eigenvalue weighted by molar-refractivity contribution is 5.95. The highest BCUT2D eigenvalue weighted by atomic mass is 16.5. The molecule has 17 heavy (non-hydrogen) atoms. The summed E-state index contributed by atoms with van der Waals surface area (Å²) < 4.78 is 9.44. The third-order valence-electron chi connectivity index (χ3n) is 2.23. The molecule has 5 nitrogen and oxygen atoms in total. The summed E-state index contributed by atoms with van der Waals surface area (Å²) in [6.45, 7) is -0.00648. The number of benzene rings is 1. The van der Waals surface area contributed by atoms with Gasteiger partial charge in [-0.05, 0) is 5.56 Å². The van der Waals surface area contributed by atoms with Crippen molar-refractivity contribution in [2.75, 3.05) is 13.7 Å². The van der Waals surface area contributed by atoms with Crippen LogP contribution in [0.2, 0.25) is 0 Å². The van der Waals surface area contributed by atoms with E-state index in [2.05, 4.69) is 4.74 Å². The molecule has 0 aliphatic carbocycles. The van der Waals surface area contributed by atoms with Gasteiger partial charge in [-0.1, -0.05) is 30.3 Å². The number of methoxy groups -OCH3 is 1. The number of nitrogens with two attached hydrogens (primary N) is 1. The smallest absolute Gasteiger partial charge is 0.321 e. The van der Waals surface area contributed by atoms with E-state index in [-0.39, 0.29) is 13.2 Å². The van der Waals surface area contributed by atoms with E-state index in [0.717, 1.165) is 5.56 Å². The van der Waals surface area contributed by atoms with Gasteiger partial charge in [0.25, 0.3) is 0 Å². The zero-order valence-electron chi connectivity index (χ0n) is 9.59. The first kappa shape index (κ1) is 13.2. The monoisotopic (exact) mass is 237 g/mol. The lowest BCUT2D eigenvalue weighted by atomic mass is 10.1. The summed E-state index contributed by atoms with van der Waals surface area (Å²) in [6, 6.07) is 9.18. The van der Waals surface area contributed by atoms with Gasteiger partial charge in [0.05, 0.1) is 7.11 Å². The molecule has 5 heteroatoms. The Hall–Kier alpha value is -1.88. The first-order valence-electron chi connectivity index (χ1n) is 5.17. The van der Waals surface area contributed by atoms with Gasteiger partial charge in [0, 0.05) is 6.54 Å². The van der Waals surface area contributed by atoms with E-state index in [9.17, 15) is 9.59 Å². The van der Waals surface area contributed by atoms with Crippen molar-refractivity contribution in [2.45, 2.75) is 6.61 Å². The van der Waals surface area contributed by atoms with Crippen molar-refractivity contribution in [1.82, 2.24) is 0 Å². The van der Waals surface area contributed by atoms with E-state index in [1.54, 1.807) is 0 Å². The molecule has 0 bridgehead atoms. The molecule has 0 unspecified atom stereocenters. The molecule has 0 aliphatic heterocycles. The molecule has 0 spiro atoms. The second-order valence-corrected chi connectivity index (χ2v) is 3.40. The van der Waals surface area contributed by atoms with Crippen molar-refractivity contribution in [2.24, 2.45) is 11.7 Å². The van der Waals surface area contributed by atoms with E-state index in [0.29, 0.717) is 0 Å². The van der Waals surface area contributed by atoms with Crippen LogP contribution in [0, 0.1) is 5.92 Å². The van der Waals surface area contributed by atoms with Gasteiger partial charge < -0.3 is 15.2 Å². The molecule has 1 aromatic carbocycles. The number of esters is 2. The topological polar surface area (TPSA) is 78.6 Å². The van der Waals surface area contributed by atoms with Crippen LogP contribution in [0.1, 0.15) is 5.56 Å². The van der Waals surface area contributed by atoms with Crippen LogP contribution < -0.4 is 5.73 Å².